The Hall–Kier alpha value is -1.75. The zero-order valence-corrected chi connectivity index (χ0v) is 9.13. The third-order valence-electron chi connectivity index (χ3n) is 2.04. The van der Waals surface area contributed by atoms with Crippen molar-refractivity contribution in [2.24, 2.45) is 16.0 Å². The van der Waals surface area contributed by atoms with Gasteiger partial charge in [0, 0.05) is 0 Å². The number of nitrogens with two attached hydrogens (primary N) is 1. The molecule has 5 heteroatoms. The van der Waals surface area contributed by atoms with Gasteiger partial charge in [0.25, 0.3) is 0 Å². The highest BCUT2D eigenvalue weighted by atomic mass is 16.4. The second-order valence-electron chi connectivity index (χ2n) is 3.37. The molecule has 16 heavy (non-hydrogen) atoms. The van der Waals surface area contributed by atoms with Crippen LogP contribution in [0.1, 0.15) is 12.5 Å². The number of carboxylic acids is 1. The van der Waals surface area contributed by atoms with Crippen LogP contribution in [0.15, 0.2) is 34.5 Å². The number of carbonyl (C=O) groups is 1. The van der Waals surface area contributed by atoms with Crippen molar-refractivity contribution in [2.45, 2.75) is 19.4 Å². The molecule has 0 fully saturated rings. The van der Waals surface area contributed by atoms with Crippen molar-refractivity contribution in [1.82, 2.24) is 0 Å². The molecule has 1 unspecified atom stereocenters. The summed E-state index contributed by atoms with van der Waals surface area (Å²) < 4.78 is 0. The fourth-order valence-corrected chi connectivity index (χ4v) is 1.19. The molecule has 0 aliphatic rings. The molecular weight excluding hydrogens is 206 g/mol. The van der Waals surface area contributed by atoms with Gasteiger partial charge < -0.3 is 10.8 Å². The van der Waals surface area contributed by atoms with Gasteiger partial charge in [0.15, 0.2) is 0 Å². The average Bonchev–Trinajstić information content (AvgIpc) is 2.28. The Bertz CT molecular complexity index is 373. The minimum absolute atomic E-state index is 0.320. The molecule has 0 aliphatic carbocycles. The molecule has 5 nitrogen and oxygen atoms in total. The van der Waals surface area contributed by atoms with Gasteiger partial charge in [-0.2, -0.15) is 10.2 Å². The third-order valence-corrected chi connectivity index (χ3v) is 2.04. The number of benzene rings is 1. The maximum Gasteiger partial charge on any atom is 0.320 e. The highest BCUT2D eigenvalue weighted by molar-refractivity contribution is 5.73. The van der Waals surface area contributed by atoms with Crippen LogP contribution in [-0.4, -0.2) is 23.7 Å². The number of rotatable bonds is 5. The number of hydrogen-bond acceptors (Lipinski definition) is 4. The van der Waals surface area contributed by atoms with Gasteiger partial charge in [0.05, 0.1) is 12.2 Å². The van der Waals surface area contributed by atoms with Crippen molar-refractivity contribution >= 4 is 11.7 Å². The van der Waals surface area contributed by atoms with E-state index in [-0.39, 0.29) is 0 Å². The normalized spacial score (nSPS) is 12.9. The van der Waals surface area contributed by atoms with E-state index in [9.17, 15) is 4.79 Å². The Balaban J connectivity index is 2.64. The standard InChI is InChI=1S/C11H15N3O2/c1-2-13-14-9-5-3-8(4-6-9)7-10(12)11(15)16/h3-6,10H,2,7,12H2,1H3,(H,15,16). The molecule has 0 saturated heterocycles. The molecule has 0 aromatic heterocycles. The summed E-state index contributed by atoms with van der Waals surface area (Å²) in [4.78, 5) is 10.6. The van der Waals surface area contributed by atoms with Gasteiger partial charge >= 0.3 is 5.97 Å². The van der Waals surface area contributed by atoms with E-state index in [0.29, 0.717) is 13.0 Å². The Morgan fingerprint density at radius 2 is 2.06 bits per heavy atom. The van der Waals surface area contributed by atoms with Gasteiger partial charge in [-0.15, -0.1) is 0 Å². The van der Waals surface area contributed by atoms with Crippen LogP contribution in [0.4, 0.5) is 5.69 Å². The topological polar surface area (TPSA) is 88.0 Å². The predicted octanol–water partition coefficient (Wildman–Crippen LogP) is 1.74. The van der Waals surface area contributed by atoms with Gasteiger partial charge in [-0.1, -0.05) is 12.1 Å². The van der Waals surface area contributed by atoms with Crippen LogP contribution in [0.25, 0.3) is 0 Å². The van der Waals surface area contributed by atoms with E-state index in [4.69, 9.17) is 10.8 Å². The Kier molecular flexibility index (Phi) is 4.60. The van der Waals surface area contributed by atoms with E-state index in [1.54, 1.807) is 12.1 Å². The first-order valence-corrected chi connectivity index (χ1v) is 5.08. The number of nitrogens with zero attached hydrogens (tertiary/aromatic N) is 2. The van der Waals surface area contributed by atoms with Crippen LogP contribution in [0, 0.1) is 0 Å². The molecule has 0 aliphatic heterocycles. The average molecular weight is 221 g/mol. The number of azo groups is 1. The first-order chi connectivity index (χ1) is 7.63. The van der Waals surface area contributed by atoms with Gasteiger partial charge in [-0.05, 0) is 31.0 Å². The Morgan fingerprint density at radius 3 is 2.56 bits per heavy atom. The first-order valence-electron chi connectivity index (χ1n) is 5.08. The summed E-state index contributed by atoms with van der Waals surface area (Å²) in [5, 5.41) is 16.5. The van der Waals surface area contributed by atoms with Gasteiger partial charge in [0.1, 0.15) is 6.04 Å². The smallest absolute Gasteiger partial charge is 0.320 e. The van der Waals surface area contributed by atoms with E-state index in [1.165, 1.54) is 0 Å². The van der Waals surface area contributed by atoms with Crippen molar-refractivity contribution < 1.29 is 9.90 Å². The van der Waals surface area contributed by atoms with Crippen LogP contribution < -0.4 is 5.73 Å². The Morgan fingerprint density at radius 1 is 1.44 bits per heavy atom. The predicted molar refractivity (Wildman–Crippen MR) is 60.8 cm³/mol. The molecule has 1 rings (SSSR count). The molecule has 1 aromatic rings. The van der Waals surface area contributed by atoms with Gasteiger partial charge in [0.2, 0.25) is 0 Å². The summed E-state index contributed by atoms with van der Waals surface area (Å²) in [6.07, 6.45) is 0.320. The largest absolute Gasteiger partial charge is 0.480 e. The highest BCUT2D eigenvalue weighted by Gasteiger charge is 2.11. The lowest BCUT2D eigenvalue weighted by Crippen LogP contribution is -2.32. The summed E-state index contributed by atoms with van der Waals surface area (Å²) in [6, 6.07) is 6.36. The summed E-state index contributed by atoms with van der Waals surface area (Å²) in [7, 11) is 0. The monoisotopic (exact) mass is 221 g/mol. The van der Waals surface area contributed by atoms with Gasteiger partial charge in [-0.3, -0.25) is 4.79 Å². The lowest BCUT2D eigenvalue weighted by atomic mass is 10.1. The highest BCUT2D eigenvalue weighted by Crippen LogP contribution is 2.14. The minimum Gasteiger partial charge on any atom is -0.480 e. The fraction of sp³-hybridized carbons (Fsp3) is 0.364. The summed E-state index contributed by atoms with van der Waals surface area (Å²) in [6.45, 7) is 2.55. The van der Waals surface area contributed by atoms with E-state index >= 15 is 0 Å². The van der Waals surface area contributed by atoms with Crippen LogP contribution in [0.2, 0.25) is 0 Å². The number of hydrogen-bond donors (Lipinski definition) is 2. The molecule has 0 saturated carbocycles. The van der Waals surface area contributed by atoms with Crippen molar-refractivity contribution in [1.29, 1.82) is 0 Å². The van der Waals surface area contributed by atoms with E-state index in [0.717, 1.165) is 11.3 Å². The number of aliphatic carboxylic acids is 1. The van der Waals surface area contributed by atoms with E-state index in [2.05, 4.69) is 10.2 Å². The molecule has 0 amide bonds. The SMILES string of the molecule is CCN=Nc1ccc(CC(N)C(=O)O)cc1. The van der Waals surface area contributed by atoms with Crippen molar-refractivity contribution in [3.05, 3.63) is 29.8 Å². The van der Waals surface area contributed by atoms with Crippen LogP contribution in [-0.2, 0) is 11.2 Å². The number of carboxylic acid groups (broad SMARTS) is 1. The van der Waals surface area contributed by atoms with Crippen molar-refractivity contribution in [3.8, 4) is 0 Å². The minimum atomic E-state index is -0.991. The van der Waals surface area contributed by atoms with E-state index < -0.39 is 12.0 Å². The summed E-state index contributed by atoms with van der Waals surface area (Å²) in [5.41, 5.74) is 7.06. The van der Waals surface area contributed by atoms with Crippen LogP contribution >= 0.6 is 0 Å². The van der Waals surface area contributed by atoms with E-state index in [1.807, 2.05) is 19.1 Å². The fourth-order valence-electron chi connectivity index (χ4n) is 1.19. The molecule has 0 spiro atoms. The second kappa shape index (κ2) is 5.97. The Labute approximate surface area is 94.0 Å². The molecule has 3 N–H and O–H groups in total. The van der Waals surface area contributed by atoms with Crippen molar-refractivity contribution in [3.63, 3.8) is 0 Å². The summed E-state index contributed by atoms with van der Waals surface area (Å²) in [5.74, 6) is -0.991. The molecule has 86 valence electrons. The maximum atomic E-state index is 10.6. The molecule has 0 heterocycles. The zero-order valence-electron chi connectivity index (χ0n) is 9.13. The molecule has 1 atom stereocenters. The zero-order chi connectivity index (χ0) is 12.0. The van der Waals surface area contributed by atoms with Crippen LogP contribution in [0.5, 0.6) is 0 Å². The molecule has 0 bridgehead atoms. The quantitative estimate of drug-likeness (QED) is 0.742. The lowest BCUT2D eigenvalue weighted by molar-refractivity contribution is -0.138. The molecule has 1 aromatic carbocycles. The van der Waals surface area contributed by atoms with Crippen LogP contribution in [0.3, 0.4) is 0 Å². The third kappa shape index (κ3) is 3.78. The second-order valence-corrected chi connectivity index (χ2v) is 3.37. The molecule has 0 radical (unpaired) electrons. The van der Waals surface area contributed by atoms with Crippen molar-refractivity contribution in [2.75, 3.05) is 6.54 Å². The molecular formula is C11H15N3O2. The lowest BCUT2D eigenvalue weighted by Gasteiger charge is -2.05. The maximum absolute atomic E-state index is 10.6. The summed E-state index contributed by atoms with van der Waals surface area (Å²) >= 11 is 0. The van der Waals surface area contributed by atoms with Gasteiger partial charge in [-0.25, -0.2) is 0 Å². The first kappa shape index (κ1) is 12.3.